The highest BCUT2D eigenvalue weighted by Gasteiger charge is 2.10. The van der Waals surface area contributed by atoms with Gasteiger partial charge in [-0.15, -0.1) is 0 Å². The van der Waals surface area contributed by atoms with Gasteiger partial charge in [-0.1, -0.05) is 0 Å². The molecule has 2 rings (SSSR count). The maximum Gasteiger partial charge on any atom is 0.177 e. The Morgan fingerprint density at radius 2 is 1.87 bits per heavy atom. The molecule has 0 aromatic carbocycles. The number of aromatic nitrogens is 3. The Balaban J connectivity index is 2.62. The molecule has 0 amide bonds. The zero-order chi connectivity index (χ0) is 10.7. The van der Waals surface area contributed by atoms with Crippen LogP contribution in [-0.4, -0.2) is 14.5 Å². The van der Waals surface area contributed by atoms with E-state index in [0.29, 0.717) is 0 Å². The van der Waals surface area contributed by atoms with Crippen molar-refractivity contribution in [1.82, 2.24) is 14.5 Å². The fourth-order valence-electron chi connectivity index (χ4n) is 1.24. The second-order valence-electron chi connectivity index (χ2n) is 2.74. The van der Waals surface area contributed by atoms with Crippen LogP contribution in [0.25, 0.3) is 5.69 Å². The molecule has 0 saturated carbocycles. The van der Waals surface area contributed by atoms with Gasteiger partial charge in [0, 0.05) is 12.4 Å². The smallest absolute Gasteiger partial charge is 0.177 e. The topological polar surface area (TPSA) is 78.3 Å². The van der Waals surface area contributed by atoms with Crippen LogP contribution in [0, 0.1) is 22.7 Å². The molecule has 5 heteroatoms. The van der Waals surface area contributed by atoms with Crippen molar-refractivity contribution >= 4 is 0 Å². The molecule has 2 heterocycles. The molecule has 2 aromatic heterocycles. The quantitative estimate of drug-likeness (QED) is 0.680. The van der Waals surface area contributed by atoms with Gasteiger partial charge in [0.25, 0.3) is 0 Å². The summed E-state index contributed by atoms with van der Waals surface area (Å²) in [5, 5.41) is 17.6. The van der Waals surface area contributed by atoms with E-state index < -0.39 is 0 Å². The van der Waals surface area contributed by atoms with Crippen LogP contribution in [0.2, 0.25) is 0 Å². The van der Waals surface area contributed by atoms with Crippen molar-refractivity contribution in [3.63, 3.8) is 0 Å². The minimum atomic E-state index is 0.134. The van der Waals surface area contributed by atoms with Crippen LogP contribution in [0.3, 0.4) is 0 Å². The van der Waals surface area contributed by atoms with Gasteiger partial charge in [-0.2, -0.15) is 10.5 Å². The van der Waals surface area contributed by atoms with Crippen molar-refractivity contribution in [3.8, 4) is 17.8 Å². The Bertz CT molecular complexity index is 556. The molecular formula is C10H5N5. The highest BCUT2D eigenvalue weighted by atomic mass is 15.1. The Hall–Kier alpha value is -2.66. The van der Waals surface area contributed by atoms with E-state index >= 15 is 0 Å². The maximum atomic E-state index is 8.90. The van der Waals surface area contributed by atoms with Crippen LogP contribution in [-0.2, 0) is 0 Å². The Morgan fingerprint density at radius 3 is 2.47 bits per heavy atom. The van der Waals surface area contributed by atoms with E-state index in [9.17, 15) is 0 Å². The second kappa shape index (κ2) is 3.60. The maximum absolute atomic E-state index is 8.90. The van der Waals surface area contributed by atoms with Crippen molar-refractivity contribution in [1.29, 1.82) is 10.5 Å². The van der Waals surface area contributed by atoms with E-state index in [1.165, 1.54) is 6.33 Å². The van der Waals surface area contributed by atoms with E-state index in [1.807, 2.05) is 12.1 Å². The summed E-state index contributed by atoms with van der Waals surface area (Å²) in [7, 11) is 0. The molecule has 0 atom stereocenters. The lowest BCUT2D eigenvalue weighted by Gasteiger charge is -2.01. The molecule has 0 fully saturated rings. The summed E-state index contributed by atoms with van der Waals surface area (Å²) in [6, 6.07) is 7.30. The summed E-state index contributed by atoms with van der Waals surface area (Å²) in [6.45, 7) is 0. The largest absolute Gasteiger partial charge is 0.289 e. The number of hydrogen-bond acceptors (Lipinski definition) is 4. The molecule has 0 aliphatic heterocycles. The minimum absolute atomic E-state index is 0.134. The highest BCUT2D eigenvalue weighted by Crippen LogP contribution is 2.12. The third-order valence-electron chi connectivity index (χ3n) is 1.92. The van der Waals surface area contributed by atoms with Gasteiger partial charge in [-0.25, -0.2) is 4.98 Å². The Labute approximate surface area is 85.9 Å². The van der Waals surface area contributed by atoms with Crippen LogP contribution in [0.1, 0.15) is 11.4 Å². The lowest BCUT2D eigenvalue weighted by atomic mass is 10.3. The normalized spacial score (nSPS) is 9.20. The van der Waals surface area contributed by atoms with Gasteiger partial charge >= 0.3 is 0 Å². The van der Waals surface area contributed by atoms with Crippen LogP contribution >= 0.6 is 0 Å². The molecular weight excluding hydrogens is 190 g/mol. The van der Waals surface area contributed by atoms with Gasteiger partial charge in [0.15, 0.2) is 11.4 Å². The van der Waals surface area contributed by atoms with E-state index in [2.05, 4.69) is 9.97 Å². The molecule has 0 radical (unpaired) electrons. The SMILES string of the molecule is N#Cc1ncn(-c2ccncc2)c1C#N. The molecule has 5 nitrogen and oxygen atoms in total. The first-order valence-electron chi connectivity index (χ1n) is 4.14. The number of rotatable bonds is 1. The Morgan fingerprint density at radius 1 is 1.13 bits per heavy atom. The van der Waals surface area contributed by atoms with Crippen molar-refractivity contribution < 1.29 is 0 Å². The predicted molar refractivity (Wildman–Crippen MR) is 50.8 cm³/mol. The molecule has 15 heavy (non-hydrogen) atoms. The number of nitriles is 2. The van der Waals surface area contributed by atoms with Crippen LogP contribution in [0.5, 0.6) is 0 Å². The van der Waals surface area contributed by atoms with Gasteiger partial charge in [0.05, 0.1) is 5.69 Å². The molecule has 2 aromatic rings. The summed E-state index contributed by atoms with van der Waals surface area (Å²) in [5.74, 6) is 0. The first kappa shape index (κ1) is 8.92. The molecule has 0 spiro atoms. The van der Waals surface area contributed by atoms with Gasteiger partial charge in [-0.3, -0.25) is 9.55 Å². The van der Waals surface area contributed by atoms with E-state index in [0.717, 1.165) is 5.69 Å². The third kappa shape index (κ3) is 1.43. The third-order valence-corrected chi connectivity index (χ3v) is 1.92. The van der Waals surface area contributed by atoms with Crippen LogP contribution < -0.4 is 0 Å². The van der Waals surface area contributed by atoms with Crippen molar-refractivity contribution in [3.05, 3.63) is 42.2 Å². The molecule has 0 bridgehead atoms. The van der Waals surface area contributed by atoms with Crippen molar-refractivity contribution in [2.75, 3.05) is 0 Å². The molecule has 0 unspecified atom stereocenters. The van der Waals surface area contributed by atoms with Crippen LogP contribution in [0.15, 0.2) is 30.9 Å². The van der Waals surface area contributed by atoms with Crippen LogP contribution in [0.4, 0.5) is 0 Å². The van der Waals surface area contributed by atoms with Gasteiger partial charge in [0.1, 0.15) is 18.5 Å². The number of hydrogen-bond donors (Lipinski definition) is 0. The van der Waals surface area contributed by atoms with E-state index in [-0.39, 0.29) is 11.4 Å². The van der Waals surface area contributed by atoms with Gasteiger partial charge in [-0.05, 0) is 12.1 Å². The summed E-state index contributed by atoms with van der Waals surface area (Å²) in [5.41, 5.74) is 1.13. The zero-order valence-electron chi connectivity index (χ0n) is 7.62. The van der Waals surface area contributed by atoms with Gasteiger partial charge < -0.3 is 0 Å². The predicted octanol–water partition coefficient (Wildman–Crippen LogP) is 1.01. The zero-order valence-corrected chi connectivity index (χ0v) is 7.62. The Kier molecular flexibility index (Phi) is 2.14. The van der Waals surface area contributed by atoms with Crippen molar-refractivity contribution in [2.45, 2.75) is 0 Å². The van der Waals surface area contributed by atoms with Gasteiger partial charge in [0.2, 0.25) is 0 Å². The summed E-state index contributed by atoms with van der Waals surface area (Å²) in [6.07, 6.45) is 4.68. The fourth-order valence-corrected chi connectivity index (χ4v) is 1.24. The standard InChI is InChI=1S/C10H5N5/c11-5-9-10(6-12)15(7-14-9)8-1-3-13-4-2-8/h1-4,7H. The van der Waals surface area contributed by atoms with E-state index in [1.54, 1.807) is 29.1 Å². The lowest BCUT2D eigenvalue weighted by molar-refractivity contribution is 1.03. The number of nitrogens with zero attached hydrogens (tertiary/aromatic N) is 5. The molecule has 70 valence electrons. The summed E-state index contributed by atoms with van der Waals surface area (Å²) >= 11 is 0. The number of imidazole rings is 1. The second-order valence-corrected chi connectivity index (χ2v) is 2.74. The minimum Gasteiger partial charge on any atom is -0.289 e. The highest BCUT2D eigenvalue weighted by molar-refractivity contribution is 5.43. The molecule has 0 N–H and O–H groups in total. The van der Waals surface area contributed by atoms with Crippen molar-refractivity contribution in [2.24, 2.45) is 0 Å². The fraction of sp³-hybridized carbons (Fsp3) is 0. The monoisotopic (exact) mass is 195 g/mol. The number of pyridine rings is 1. The summed E-state index contributed by atoms with van der Waals surface area (Å²) in [4.78, 5) is 7.71. The molecule has 0 aliphatic rings. The molecule has 0 saturated heterocycles. The first-order valence-corrected chi connectivity index (χ1v) is 4.14. The molecule has 0 aliphatic carbocycles. The lowest BCUT2D eigenvalue weighted by Crippen LogP contribution is -1.96. The summed E-state index contributed by atoms with van der Waals surface area (Å²) < 4.78 is 1.56. The van der Waals surface area contributed by atoms with E-state index in [4.69, 9.17) is 10.5 Å². The average molecular weight is 195 g/mol. The average Bonchev–Trinajstić information content (AvgIpc) is 2.72. The first-order chi connectivity index (χ1) is 7.36.